The van der Waals surface area contributed by atoms with Gasteiger partial charge in [-0.1, -0.05) is 11.8 Å². The predicted molar refractivity (Wildman–Crippen MR) is 129 cm³/mol. The first kappa shape index (κ1) is 22.7. The third kappa shape index (κ3) is 5.18. The Morgan fingerprint density at radius 2 is 1.79 bits per heavy atom. The second-order valence-corrected chi connectivity index (χ2v) is 9.99. The van der Waals surface area contributed by atoms with Gasteiger partial charge >= 0.3 is 0 Å². The molecule has 1 aromatic heterocycles. The maximum atomic E-state index is 13.1. The lowest BCUT2D eigenvalue weighted by Crippen LogP contribution is -2.49. The number of Topliss-reactive ketones (excluding diaryl/α,β-unsaturated/α-hetero) is 1. The van der Waals surface area contributed by atoms with Gasteiger partial charge in [0.2, 0.25) is 12.7 Å². The summed E-state index contributed by atoms with van der Waals surface area (Å²) in [5.74, 6) is 1.26. The molecule has 0 spiro atoms. The number of thioether (sulfide) groups is 1. The number of thiazole rings is 1. The fourth-order valence-electron chi connectivity index (χ4n) is 3.85. The van der Waals surface area contributed by atoms with Crippen molar-refractivity contribution < 1.29 is 23.5 Å². The number of halogens is 1. The average Bonchev–Trinajstić information content (AvgIpc) is 3.52. The zero-order valence-corrected chi connectivity index (χ0v) is 19.9. The van der Waals surface area contributed by atoms with Crippen molar-refractivity contribution in [3.8, 4) is 11.5 Å². The van der Waals surface area contributed by atoms with Crippen molar-refractivity contribution in [2.24, 2.45) is 0 Å². The van der Waals surface area contributed by atoms with Crippen LogP contribution in [0.3, 0.4) is 0 Å². The Labute approximate surface area is 204 Å². The second-order valence-electron chi connectivity index (χ2n) is 7.91. The van der Waals surface area contributed by atoms with Crippen LogP contribution in [-0.4, -0.2) is 60.3 Å². The zero-order chi connectivity index (χ0) is 23.5. The van der Waals surface area contributed by atoms with Crippen LogP contribution in [0.25, 0.3) is 0 Å². The van der Waals surface area contributed by atoms with E-state index < -0.39 is 0 Å². The molecule has 7 nitrogen and oxygen atoms in total. The molecule has 0 atom stereocenters. The molecule has 2 aromatic carbocycles. The largest absolute Gasteiger partial charge is 0.454 e. The van der Waals surface area contributed by atoms with Crippen LogP contribution in [-0.2, 0) is 11.2 Å². The molecule has 34 heavy (non-hydrogen) atoms. The fraction of sp³-hybridized carbons (Fsp3) is 0.292. The number of hydrogen-bond acceptors (Lipinski definition) is 8. The Hall–Kier alpha value is -3.11. The highest BCUT2D eigenvalue weighted by Gasteiger charge is 2.22. The van der Waals surface area contributed by atoms with Crippen molar-refractivity contribution in [1.29, 1.82) is 0 Å². The first-order valence-corrected chi connectivity index (χ1v) is 12.7. The van der Waals surface area contributed by atoms with Crippen molar-refractivity contribution in [3.63, 3.8) is 0 Å². The van der Waals surface area contributed by atoms with Gasteiger partial charge in [-0.2, -0.15) is 0 Å². The number of anilines is 1. The average molecular weight is 500 g/mol. The van der Waals surface area contributed by atoms with Crippen LogP contribution in [0.1, 0.15) is 16.1 Å². The monoisotopic (exact) mass is 499 g/mol. The summed E-state index contributed by atoms with van der Waals surface area (Å²) in [6, 6.07) is 11.6. The molecule has 176 valence electrons. The molecule has 1 saturated heterocycles. The number of benzene rings is 2. The summed E-state index contributed by atoms with van der Waals surface area (Å²) in [6.45, 7) is 2.82. The number of piperazine rings is 1. The topological polar surface area (TPSA) is 72.0 Å². The van der Waals surface area contributed by atoms with Gasteiger partial charge in [0.05, 0.1) is 17.9 Å². The van der Waals surface area contributed by atoms with Gasteiger partial charge in [0, 0.05) is 42.8 Å². The van der Waals surface area contributed by atoms with E-state index in [0.29, 0.717) is 48.9 Å². The minimum atomic E-state index is -0.254. The number of carbonyl (C=O) groups excluding carboxylic acids is 2. The van der Waals surface area contributed by atoms with E-state index in [1.807, 2.05) is 10.3 Å². The molecule has 1 amide bonds. The lowest BCUT2D eigenvalue weighted by atomic mass is 10.1. The SMILES string of the molecule is O=C(CSc1nc(CC(=O)N2CCN(c3ccc(F)cc3)CC2)cs1)c1ccc2c(c1)OCO2. The van der Waals surface area contributed by atoms with E-state index in [2.05, 4.69) is 9.88 Å². The molecular weight excluding hydrogens is 477 g/mol. The van der Waals surface area contributed by atoms with Crippen molar-refractivity contribution in [2.75, 3.05) is 43.6 Å². The number of fused-ring (bicyclic) bond motifs is 1. The summed E-state index contributed by atoms with van der Waals surface area (Å²) < 4.78 is 24.5. The van der Waals surface area contributed by atoms with Crippen LogP contribution in [0.5, 0.6) is 11.5 Å². The smallest absolute Gasteiger partial charge is 0.231 e. The lowest BCUT2D eigenvalue weighted by molar-refractivity contribution is -0.130. The second kappa shape index (κ2) is 10.0. The number of aromatic nitrogens is 1. The number of rotatable bonds is 7. The molecule has 10 heteroatoms. The van der Waals surface area contributed by atoms with Crippen molar-refractivity contribution >= 4 is 40.5 Å². The number of hydrogen-bond donors (Lipinski definition) is 0. The molecule has 0 saturated carbocycles. The number of carbonyl (C=O) groups is 2. The van der Waals surface area contributed by atoms with Gasteiger partial charge in [0.15, 0.2) is 21.6 Å². The number of ether oxygens (including phenoxy) is 2. The van der Waals surface area contributed by atoms with Crippen LogP contribution >= 0.6 is 23.1 Å². The van der Waals surface area contributed by atoms with Crippen molar-refractivity contribution in [3.05, 3.63) is 64.9 Å². The van der Waals surface area contributed by atoms with Gasteiger partial charge in [-0.25, -0.2) is 9.37 Å². The van der Waals surface area contributed by atoms with E-state index in [-0.39, 0.29) is 36.5 Å². The molecule has 3 heterocycles. The van der Waals surface area contributed by atoms with Gasteiger partial charge in [-0.15, -0.1) is 11.3 Å². The maximum Gasteiger partial charge on any atom is 0.231 e. The van der Waals surface area contributed by atoms with Crippen LogP contribution in [0.15, 0.2) is 52.2 Å². The minimum absolute atomic E-state index is 0.0184. The van der Waals surface area contributed by atoms with Crippen molar-refractivity contribution in [2.45, 2.75) is 10.8 Å². The first-order valence-electron chi connectivity index (χ1n) is 10.8. The summed E-state index contributed by atoms with van der Waals surface area (Å²) in [5, 5.41) is 1.88. The molecule has 0 unspecified atom stereocenters. The van der Waals surface area contributed by atoms with Gasteiger partial charge in [0.25, 0.3) is 0 Å². The summed E-state index contributed by atoms with van der Waals surface area (Å²) in [6.07, 6.45) is 0.240. The highest BCUT2D eigenvalue weighted by molar-refractivity contribution is 8.01. The normalized spacial score (nSPS) is 15.0. The fourth-order valence-corrected chi connectivity index (χ4v) is 5.59. The molecule has 5 rings (SSSR count). The summed E-state index contributed by atoms with van der Waals surface area (Å²) >= 11 is 2.81. The molecule has 2 aliphatic rings. The highest BCUT2D eigenvalue weighted by Crippen LogP contribution is 2.33. The Balaban J connectivity index is 1.09. The summed E-state index contributed by atoms with van der Waals surface area (Å²) in [5.41, 5.74) is 2.25. The Kier molecular flexibility index (Phi) is 6.68. The van der Waals surface area contributed by atoms with E-state index in [4.69, 9.17) is 9.47 Å². The number of amides is 1. The van der Waals surface area contributed by atoms with Crippen LogP contribution < -0.4 is 14.4 Å². The van der Waals surface area contributed by atoms with Crippen molar-refractivity contribution in [1.82, 2.24) is 9.88 Å². The van der Waals surface area contributed by atoms with E-state index in [9.17, 15) is 14.0 Å². The first-order chi connectivity index (χ1) is 16.5. The third-order valence-electron chi connectivity index (χ3n) is 5.71. The molecule has 3 aromatic rings. The highest BCUT2D eigenvalue weighted by atomic mass is 32.2. The van der Waals surface area contributed by atoms with E-state index in [1.54, 1.807) is 30.3 Å². The Morgan fingerprint density at radius 1 is 1.03 bits per heavy atom. The standard InChI is InChI=1S/C24H22FN3O4S2/c25-17-2-4-19(5-3-17)27-7-9-28(10-8-27)23(30)12-18-13-33-24(26-18)34-14-20(29)16-1-6-21-22(11-16)32-15-31-21/h1-6,11,13H,7-10,12,14-15H2. The molecule has 0 bridgehead atoms. The van der Waals surface area contributed by atoms with Crippen LogP contribution in [0.4, 0.5) is 10.1 Å². The number of nitrogens with zero attached hydrogens (tertiary/aromatic N) is 3. The minimum Gasteiger partial charge on any atom is -0.454 e. The molecular formula is C24H22FN3O4S2. The number of ketones is 1. The molecule has 0 radical (unpaired) electrons. The Morgan fingerprint density at radius 3 is 2.59 bits per heavy atom. The molecule has 0 aliphatic carbocycles. The van der Waals surface area contributed by atoms with Crippen LogP contribution in [0, 0.1) is 5.82 Å². The van der Waals surface area contributed by atoms with Crippen LogP contribution in [0.2, 0.25) is 0 Å². The predicted octanol–water partition coefficient (Wildman–Crippen LogP) is 3.88. The van der Waals surface area contributed by atoms with Gasteiger partial charge in [-0.05, 0) is 42.5 Å². The van der Waals surface area contributed by atoms with Gasteiger partial charge in [0.1, 0.15) is 5.82 Å². The molecule has 0 N–H and O–H groups in total. The molecule has 2 aliphatic heterocycles. The molecule has 1 fully saturated rings. The van der Waals surface area contributed by atoms with Gasteiger partial charge < -0.3 is 19.3 Å². The van der Waals surface area contributed by atoms with E-state index >= 15 is 0 Å². The van der Waals surface area contributed by atoms with E-state index in [1.165, 1.54) is 35.2 Å². The van der Waals surface area contributed by atoms with Gasteiger partial charge in [-0.3, -0.25) is 9.59 Å². The maximum absolute atomic E-state index is 13.1. The third-order valence-corrected chi connectivity index (χ3v) is 7.78. The lowest BCUT2D eigenvalue weighted by Gasteiger charge is -2.36. The van der Waals surface area contributed by atoms with E-state index in [0.717, 1.165) is 10.0 Å². The quantitative estimate of drug-likeness (QED) is 0.361. The Bertz CT molecular complexity index is 1190. The summed E-state index contributed by atoms with van der Waals surface area (Å²) in [4.78, 5) is 33.8. The zero-order valence-electron chi connectivity index (χ0n) is 18.2. The summed E-state index contributed by atoms with van der Waals surface area (Å²) in [7, 11) is 0.